The zero-order chi connectivity index (χ0) is 10.4. The molecule has 0 aliphatic heterocycles. The molecule has 0 aliphatic carbocycles. The van der Waals surface area contributed by atoms with E-state index in [0.717, 1.165) is 5.56 Å². The highest BCUT2D eigenvalue weighted by Gasteiger charge is 2.00. The topological polar surface area (TPSA) is 91.8 Å². The second kappa shape index (κ2) is 4.69. The van der Waals surface area contributed by atoms with Gasteiger partial charge in [-0.2, -0.15) is 0 Å². The van der Waals surface area contributed by atoms with E-state index in [1.165, 1.54) is 6.08 Å². The molecule has 5 nitrogen and oxygen atoms in total. The van der Waals surface area contributed by atoms with Crippen LogP contribution in [0.1, 0.15) is 5.56 Å². The van der Waals surface area contributed by atoms with E-state index >= 15 is 0 Å². The highest BCUT2D eigenvalue weighted by Crippen LogP contribution is 2.07. The first-order valence-electron chi connectivity index (χ1n) is 3.85. The first-order chi connectivity index (χ1) is 6.74. The van der Waals surface area contributed by atoms with Gasteiger partial charge >= 0.3 is 0 Å². The third kappa shape index (κ3) is 2.66. The summed E-state index contributed by atoms with van der Waals surface area (Å²) in [6.07, 6.45) is 1.43. The summed E-state index contributed by atoms with van der Waals surface area (Å²) in [7, 11) is 0. The molecule has 0 unspecified atom stereocenters. The third-order valence-electron chi connectivity index (χ3n) is 1.51. The zero-order valence-corrected chi connectivity index (χ0v) is 7.29. The second-order valence-corrected chi connectivity index (χ2v) is 2.49. The van der Waals surface area contributed by atoms with Crippen LogP contribution in [0.3, 0.4) is 0 Å². The number of hydrogen-bond donors (Lipinski definition) is 1. The van der Waals surface area contributed by atoms with E-state index < -0.39 is 5.91 Å². The van der Waals surface area contributed by atoms with Crippen molar-refractivity contribution in [3.05, 3.63) is 52.0 Å². The average Bonchev–Trinajstić information content (AvgIpc) is 2.18. The number of carbonyl (C=O) groups excluding carboxylic acids is 1. The van der Waals surface area contributed by atoms with Gasteiger partial charge in [0.05, 0.1) is 0 Å². The smallest absolute Gasteiger partial charge is 0.251 e. The Morgan fingerprint density at radius 3 is 2.57 bits per heavy atom. The molecule has 1 rings (SSSR count). The van der Waals surface area contributed by atoms with Crippen molar-refractivity contribution in [2.45, 2.75) is 0 Å². The van der Waals surface area contributed by atoms with Crippen LogP contribution in [-0.2, 0) is 4.79 Å². The van der Waals surface area contributed by atoms with Crippen molar-refractivity contribution in [1.29, 1.82) is 0 Å². The minimum Gasteiger partial charge on any atom is -0.366 e. The molecule has 1 aromatic rings. The minimum absolute atomic E-state index is 0.0984. The fourth-order valence-electron chi connectivity index (χ4n) is 0.905. The van der Waals surface area contributed by atoms with Crippen LogP contribution in [0, 0.1) is 0 Å². The monoisotopic (exact) mass is 188 g/mol. The van der Waals surface area contributed by atoms with Crippen LogP contribution in [-0.4, -0.2) is 5.91 Å². The van der Waals surface area contributed by atoms with Crippen LogP contribution < -0.4 is 5.73 Å². The Bertz CT molecular complexity index is 400. The van der Waals surface area contributed by atoms with Crippen molar-refractivity contribution in [3.8, 4) is 0 Å². The molecule has 1 amide bonds. The van der Waals surface area contributed by atoms with Gasteiger partial charge in [0.15, 0.2) is 0 Å². The molecule has 0 fully saturated rings. The molecule has 0 aliphatic rings. The molecule has 70 valence electrons. The Hall–Kier alpha value is -2.26. The Morgan fingerprint density at radius 2 is 2.07 bits per heavy atom. The van der Waals surface area contributed by atoms with E-state index in [4.69, 9.17) is 11.3 Å². The van der Waals surface area contributed by atoms with Gasteiger partial charge in [0, 0.05) is 4.91 Å². The van der Waals surface area contributed by atoms with Crippen molar-refractivity contribution in [3.63, 3.8) is 0 Å². The maximum absolute atomic E-state index is 10.8. The summed E-state index contributed by atoms with van der Waals surface area (Å²) >= 11 is 0. The Balaban J connectivity index is 3.05. The number of amides is 1. The minimum atomic E-state index is -0.744. The van der Waals surface area contributed by atoms with Crippen molar-refractivity contribution in [2.75, 3.05) is 0 Å². The van der Waals surface area contributed by atoms with E-state index in [1.54, 1.807) is 24.3 Å². The van der Waals surface area contributed by atoms with Gasteiger partial charge in [-0.05, 0) is 17.2 Å². The number of primary amides is 1. The number of nitrogens with two attached hydrogens (primary N) is 1. The SMILES string of the molecule is [N-]=[N+]=NC(=Cc1ccccc1)C(N)=O. The summed E-state index contributed by atoms with van der Waals surface area (Å²) in [6, 6.07) is 9.00. The van der Waals surface area contributed by atoms with Crippen LogP contribution in [0.25, 0.3) is 16.5 Å². The molecule has 2 N–H and O–H groups in total. The molecular weight excluding hydrogens is 180 g/mol. The van der Waals surface area contributed by atoms with E-state index in [0.29, 0.717) is 0 Å². The molecule has 0 heterocycles. The molecule has 0 aromatic heterocycles. The number of carbonyl (C=O) groups is 1. The summed E-state index contributed by atoms with van der Waals surface area (Å²) in [6.45, 7) is 0. The quantitative estimate of drug-likeness (QED) is 0.333. The number of rotatable bonds is 3. The van der Waals surface area contributed by atoms with Gasteiger partial charge in [0.1, 0.15) is 5.70 Å². The van der Waals surface area contributed by atoms with E-state index in [2.05, 4.69) is 10.0 Å². The van der Waals surface area contributed by atoms with Crippen molar-refractivity contribution < 1.29 is 4.79 Å². The molecule has 14 heavy (non-hydrogen) atoms. The fourth-order valence-corrected chi connectivity index (χ4v) is 0.905. The van der Waals surface area contributed by atoms with Crippen molar-refractivity contribution in [2.24, 2.45) is 10.8 Å². The van der Waals surface area contributed by atoms with Crippen molar-refractivity contribution in [1.82, 2.24) is 0 Å². The fraction of sp³-hybridized carbons (Fsp3) is 0. The van der Waals surface area contributed by atoms with Gasteiger partial charge in [-0.3, -0.25) is 4.79 Å². The lowest BCUT2D eigenvalue weighted by atomic mass is 10.2. The molecular formula is C9H8N4O. The first-order valence-corrected chi connectivity index (χ1v) is 3.85. The maximum atomic E-state index is 10.8. The van der Waals surface area contributed by atoms with Crippen LogP contribution >= 0.6 is 0 Å². The Morgan fingerprint density at radius 1 is 1.43 bits per heavy atom. The second-order valence-electron chi connectivity index (χ2n) is 2.49. The molecule has 0 radical (unpaired) electrons. The third-order valence-corrected chi connectivity index (χ3v) is 1.51. The summed E-state index contributed by atoms with van der Waals surface area (Å²) in [5.41, 5.74) is 13.8. The summed E-state index contributed by atoms with van der Waals surface area (Å²) in [5, 5.41) is 3.19. The van der Waals surface area contributed by atoms with Crippen LogP contribution in [0.4, 0.5) is 0 Å². The standard InChI is InChI=1S/C9H8N4O/c10-9(14)8(12-13-11)6-7-4-2-1-3-5-7/h1-6H,(H2,10,14). The van der Waals surface area contributed by atoms with Crippen LogP contribution in [0.5, 0.6) is 0 Å². The molecule has 5 heteroatoms. The zero-order valence-electron chi connectivity index (χ0n) is 7.29. The highest BCUT2D eigenvalue weighted by molar-refractivity contribution is 5.96. The number of nitrogens with zero attached hydrogens (tertiary/aromatic N) is 3. The summed E-state index contributed by atoms with van der Waals surface area (Å²) in [5.74, 6) is -0.744. The van der Waals surface area contributed by atoms with Gasteiger partial charge in [-0.25, -0.2) is 0 Å². The Labute approximate surface area is 80.5 Å². The van der Waals surface area contributed by atoms with Crippen molar-refractivity contribution >= 4 is 12.0 Å². The summed E-state index contributed by atoms with van der Waals surface area (Å²) < 4.78 is 0. The van der Waals surface area contributed by atoms with Crippen LogP contribution in [0.2, 0.25) is 0 Å². The molecule has 1 aromatic carbocycles. The normalized spacial score (nSPS) is 10.4. The maximum Gasteiger partial charge on any atom is 0.251 e. The largest absolute Gasteiger partial charge is 0.366 e. The molecule has 0 atom stereocenters. The molecule has 0 bridgehead atoms. The van der Waals surface area contributed by atoms with Gasteiger partial charge < -0.3 is 5.73 Å². The number of azide groups is 1. The Kier molecular flexibility index (Phi) is 3.29. The lowest BCUT2D eigenvalue weighted by Crippen LogP contribution is -2.11. The lowest BCUT2D eigenvalue weighted by Gasteiger charge is -1.94. The van der Waals surface area contributed by atoms with Gasteiger partial charge in [-0.15, -0.1) is 0 Å². The van der Waals surface area contributed by atoms with Gasteiger partial charge in [0.25, 0.3) is 5.91 Å². The van der Waals surface area contributed by atoms with Gasteiger partial charge in [-0.1, -0.05) is 35.4 Å². The first kappa shape index (κ1) is 9.83. The van der Waals surface area contributed by atoms with E-state index in [1.807, 2.05) is 6.07 Å². The summed E-state index contributed by atoms with van der Waals surface area (Å²) in [4.78, 5) is 13.3. The number of benzene rings is 1. The number of hydrogen-bond acceptors (Lipinski definition) is 2. The lowest BCUT2D eigenvalue weighted by molar-refractivity contribution is -0.114. The van der Waals surface area contributed by atoms with E-state index in [9.17, 15) is 4.79 Å². The predicted octanol–water partition coefficient (Wildman–Crippen LogP) is 1.82. The average molecular weight is 188 g/mol. The molecule has 0 saturated heterocycles. The van der Waals surface area contributed by atoms with E-state index in [-0.39, 0.29) is 5.70 Å². The molecule has 0 saturated carbocycles. The highest BCUT2D eigenvalue weighted by atomic mass is 16.1. The molecule has 0 spiro atoms. The van der Waals surface area contributed by atoms with Crippen LogP contribution in [0.15, 0.2) is 41.1 Å². The predicted molar refractivity (Wildman–Crippen MR) is 52.8 cm³/mol. The van der Waals surface area contributed by atoms with Gasteiger partial charge in [0.2, 0.25) is 0 Å².